The zero-order valence-corrected chi connectivity index (χ0v) is 18.7. The van der Waals surface area contributed by atoms with Crippen molar-refractivity contribution in [1.82, 2.24) is 0 Å². The Morgan fingerprint density at radius 3 is 0.964 bits per heavy atom. The second-order valence-corrected chi connectivity index (χ2v) is 9.82. The van der Waals surface area contributed by atoms with E-state index in [2.05, 4.69) is 0 Å². The predicted molar refractivity (Wildman–Crippen MR) is 101 cm³/mol. The van der Waals surface area contributed by atoms with Crippen molar-refractivity contribution in [2.24, 2.45) is 0 Å². The minimum absolute atomic E-state index is 0.232. The van der Waals surface area contributed by atoms with Gasteiger partial charge in [-0.05, 0) is 69.2 Å². The van der Waals surface area contributed by atoms with Crippen LogP contribution in [-0.4, -0.2) is 46.3 Å². The molecule has 0 saturated heterocycles. The molecule has 28 heavy (non-hydrogen) atoms. The van der Waals surface area contributed by atoms with Gasteiger partial charge < -0.3 is 18.9 Å². The Morgan fingerprint density at radius 1 is 0.500 bits per heavy atom. The third-order valence-electron chi connectivity index (χ3n) is 2.88. The fourth-order valence-electron chi connectivity index (χ4n) is 2.11. The van der Waals surface area contributed by atoms with Gasteiger partial charge in [0, 0.05) is 0 Å². The first-order valence-electron chi connectivity index (χ1n) is 9.11. The van der Waals surface area contributed by atoms with E-state index in [0.29, 0.717) is 0 Å². The SMILES string of the molecule is CC(C)(C)OC(=O)CC(C)(C)OC(=O)C(=O)OC(C)(C)CC(=O)OC(C)(C)C. The number of esters is 4. The Hall–Kier alpha value is -2.12. The van der Waals surface area contributed by atoms with Crippen molar-refractivity contribution in [3.05, 3.63) is 0 Å². The molecule has 0 fully saturated rings. The van der Waals surface area contributed by atoms with Gasteiger partial charge in [-0.15, -0.1) is 0 Å². The van der Waals surface area contributed by atoms with Crippen LogP contribution in [0.25, 0.3) is 0 Å². The molecule has 8 nitrogen and oxygen atoms in total. The van der Waals surface area contributed by atoms with E-state index >= 15 is 0 Å². The minimum Gasteiger partial charge on any atom is -0.460 e. The highest BCUT2D eigenvalue weighted by molar-refractivity contribution is 6.30. The number of carbonyl (C=O) groups is 4. The molecule has 0 radical (unpaired) electrons. The number of hydrogen-bond acceptors (Lipinski definition) is 8. The quantitative estimate of drug-likeness (QED) is 0.379. The minimum atomic E-state index is -1.27. The highest BCUT2D eigenvalue weighted by Crippen LogP contribution is 2.21. The van der Waals surface area contributed by atoms with Gasteiger partial charge in [-0.2, -0.15) is 0 Å². The van der Waals surface area contributed by atoms with Crippen LogP contribution in [-0.2, 0) is 38.1 Å². The molecule has 162 valence electrons. The Labute approximate surface area is 167 Å². The van der Waals surface area contributed by atoms with Gasteiger partial charge in [-0.3, -0.25) is 9.59 Å². The third-order valence-corrected chi connectivity index (χ3v) is 2.88. The summed E-state index contributed by atoms with van der Waals surface area (Å²) >= 11 is 0. The number of ether oxygens (including phenoxy) is 4. The molecule has 0 heterocycles. The van der Waals surface area contributed by atoms with Crippen LogP contribution in [0.5, 0.6) is 0 Å². The molecule has 0 N–H and O–H groups in total. The number of carbonyl (C=O) groups excluding carboxylic acids is 4. The van der Waals surface area contributed by atoms with E-state index in [9.17, 15) is 19.2 Å². The van der Waals surface area contributed by atoms with Crippen molar-refractivity contribution in [2.75, 3.05) is 0 Å². The van der Waals surface area contributed by atoms with Crippen molar-refractivity contribution in [1.29, 1.82) is 0 Å². The van der Waals surface area contributed by atoms with Crippen LogP contribution < -0.4 is 0 Å². The summed E-state index contributed by atoms with van der Waals surface area (Å²) in [5.74, 6) is -3.65. The molecular weight excluding hydrogens is 368 g/mol. The lowest BCUT2D eigenvalue weighted by molar-refractivity contribution is -0.187. The Morgan fingerprint density at radius 2 is 0.750 bits per heavy atom. The molecule has 0 aromatic heterocycles. The van der Waals surface area contributed by atoms with Crippen LogP contribution in [0.4, 0.5) is 0 Å². The molecule has 0 aromatic carbocycles. The Bertz CT molecular complexity index is 549. The first-order chi connectivity index (χ1) is 12.2. The zero-order chi connectivity index (χ0) is 22.6. The van der Waals surface area contributed by atoms with Gasteiger partial charge >= 0.3 is 23.9 Å². The summed E-state index contributed by atoms with van der Waals surface area (Å²) in [5.41, 5.74) is -3.90. The topological polar surface area (TPSA) is 105 Å². The van der Waals surface area contributed by atoms with Crippen LogP contribution in [0.15, 0.2) is 0 Å². The first kappa shape index (κ1) is 25.9. The molecule has 0 aliphatic heterocycles. The van der Waals surface area contributed by atoms with Crippen LogP contribution in [0.3, 0.4) is 0 Å². The van der Waals surface area contributed by atoms with Crippen LogP contribution in [0, 0.1) is 0 Å². The fourth-order valence-corrected chi connectivity index (χ4v) is 2.11. The normalized spacial score (nSPS) is 12.8. The summed E-state index contributed by atoms with van der Waals surface area (Å²) in [5, 5.41) is 0. The summed E-state index contributed by atoms with van der Waals surface area (Å²) in [6, 6.07) is 0. The van der Waals surface area contributed by atoms with Crippen molar-refractivity contribution < 1.29 is 38.1 Å². The number of hydrogen-bond donors (Lipinski definition) is 0. The lowest BCUT2D eigenvalue weighted by atomic mass is 10.0. The summed E-state index contributed by atoms with van der Waals surface area (Å²) in [6.07, 6.45) is -0.463. The van der Waals surface area contributed by atoms with E-state index in [-0.39, 0.29) is 12.8 Å². The first-order valence-corrected chi connectivity index (χ1v) is 9.11. The lowest BCUT2D eigenvalue weighted by Crippen LogP contribution is -2.40. The molecule has 0 bridgehead atoms. The standard InChI is InChI=1S/C20H34O8/c1-17(2,3)25-13(21)11-19(7,8)27-15(23)16(24)28-20(9,10)12-14(22)26-18(4,5)6/h11-12H2,1-10H3. The van der Waals surface area contributed by atoms with Crippen molar-refractivity contribution >= 4 is 23.9 Å². The van der Waals surface area contributed by atoms with Gasteiger partial charge in [-0.1, -0.05) is 0 Å². The molecule has 8 heteroatoms. The molecule has 0 saturated carbocycles. The maximum atomic E-state index is 12.1. The van der Waals surface area contributed by atoms with Crippen molar-refractivity contribution in [3.63, 3.8) is 0 Å². The predicted octanol–water partition coefficient (Wildman–Crippen LogP) is 3.09. The van der Waals surface area contributed by atoms with Crippen molar-refractivity contribution in [2.45, 2.75) is 104 Å². The summed E-state index contributed by atoms with van der Waals surface area (Å²) in [7, 11) is 0. The highest BCUT2D eigenvalue weighted by Gasteiger charge is 2.36. The molecule has 0 spiro atoms. The van der Waals surface area contributed by atoms with E-state index in [1.54, 1.807) is 41.5 Å². The molecule has 0 aliphatic carbocycles. The van der Waals surface area contributed by atoms with Gasteiger partial charge in [0.25, 0.3) is 0 Å². The van der Waals surface area contributed by atoms with Gasteiger partial charge in [0.1, 0.15) is 22.4 Å². The van der Waals surface area contributed by atoms with E-state index in [1.165, 1.54) is 27.7 Å². The van der Waals surface area contributed by atoms with E-state index in [4.69, 9.17) is 18.9 Å². The van der Waals surface area contributed by atoms with Gasteiger partial charge in [-0.25, -0.2) is 9.59 Å². The van der Waals surface area contributed by atoms with Gasteiger partial charge in [0.05, 0.1) is 12.8 Å². The molecule has 0 unspecified atom stereocenters. The molecule has 0 aromatic rings. The van der Waals surface area contributed by atoms with Crippen LogP contribution >= 0.6 is 0 Å². The molecular formula is C20H34O8. The van der Waals surface area contributed by atoms with Crippen molar-refractivity contribution in [3.8, 4) is 0 Å². The lowest BCUT2D eigenvalue weighted by Gasteiger charge is -2.28. The van der Waals surface area contributed by atoms with Gasteiger partial charge in [0.2, 0.25) is 0 Å². The van der Waals surface area contributed by atoms with Gasteiger partial charge in [0.15, 0.2) is 0 Å². The van der Waals surface area contributed by atoms with E-state index < -0.39 is 46.3 Å². The van der Waals surface area contributed by atoms with Crippen LogP contribution in [0.1, 0.15) is 82.1 Å². The Kier molecular flexibility index (Phi) is 8.25. The average Bonchev–Trinajstić information content (AvgIpc) is 2.29. The van der Waals surface area contributed by atoms with E-state index in [1.807, 2.05) is 0 Å². The molecule has 0 atom stereocenters. The Balaban J connectivity index is 4.78. The average molecular weight is 402 g/mol. The molecule has 0 amide bonds. The molecule has 0 aliphatic rings. The maximum absolute atomic E-state index is 12.1. The fraction of sp³-hybridized carbons (Fsp3) is 0.800. The second-order valence-electron chi connectivity index (χ2n) is 9.82. The molecule has 0 rings (SSSR count). The summed E-state index contributed by atoms with van der Waals surface area (Å²) in [6.45, 7) is 16.2. The van der Waals surface area contributed by atoms with Crippen LogP contribution in [0.2, 0.25) is 0 Å². The zero-order valence-electron chi connectivity index (χ0n) is 18.7. The summed E-state index contributed by atoms with van der Waals surface area (Å²) < 4.78 is 20.5. The largest absolute Gasteiger partial charge is 0.460 e. The maximum Gasteiger partial charge on any atom is 0.418 e. The monoisotopic (exact) mass is 402 g/mol. The number of rotatable bonds is 6. The third kappa shape index (κ3) is 12.3. The van der Waals surface area contributed by atoms with E-state index in [0.717, 1.165) is 0 Å². The summed E-state index contributed by atoms with van der Waals surface area (Å²) in [4.78, 5) is 47.9. The smallest absolute Gasteiger partial charge is 0.418 e. The second kappa shape index (κ2) is 8.92. The highest BCUT2D eigenvalue weighted by atomic mass is 16.6.